The van der Waals surface area contributed by atoms with Gasteiger partial charge in [-0.05, 0) is 40.5 Å². The Morgan fingerprint density at radius 3 is 2.88 bits per heavy atom. The molecule has 94 valence electrons. The van der Waals surface area contributed by atoms with Crippen LogP contribution in [0, 0.1) is 0 Å². The first kappa shape index (κ1) is 14.0. The van der Waals surface area contributed by atoms with Gasteiger partial charge in [0.15, 0.2) is 0 Å². The fourth-order valence-corrected chi connectivity index (χ4v) is 1.68. The van der Waals surface area contributed by atoms with Crippen molar-refractivity contribution in [3.05, 3.63) is 28.2 Å². The molecule has 17 heavy (non-hydrogen) atoms. The van der Waals surface area contributed by atoms with Gasteiger partial charge in [-0.25, -0.2) is 0 Å². The number of nitrogen functional groups attached to an aromatic ring is 1. The van der Waals surface area contributed by atoms with Crippen molar-refractivity contribution < 1.29 is 9.90 Å². The molecule has 4 N–H and O–H groups in total. The fraction of sp³-hybridized carbons (Fsp3) is 0.417. The zero-order chi connectivity index (χ0) is 12.8. The molecular weight excluding hydrogens is 284 g/mol. The van der Waals surface area contributed by atoms with Gasteiger partial charge >= 0.3 is 0 Å². The minimum Gasteiger partial charge on any atom is -0.398 e. The van der Waals surface area contributed by atoms with Crippen LogP contribution in [0.3, 0.4) is 0 Å². The largest absolute Gasteiger partial charge is 0.398 e. The monoisotopic (exact) mass is 300 g/mol. The molecular formula is C12H17BrN2O2. The Kier molecular flexibility index (Phi) is 5.44. The summed E-state index contributed by atoms with van der Waals surface area (Å²) in [6, 6.07) is 5.01. The van der Waals surface area contributed by atoms with Gasteiger partial charge in [0, 0.05) is 22.3 Å². The van der Waals surface area contributed by atoms with Gasteiger partial charge in [-0.15, -0.1) is 0 Å². The molecule has 4 nitrogen and oxygen atoms in total. The summed E-state index contributed by atoms with van der Waals surface area (Å²) in [5, 5.41) is 12.2. The number of nitrogens with one attached hydrogen (secondary N) is 1. The van der Waals surface area contributed by atoms with Crippen LogP contribution >= 0.6 is 15.9 Å². The van der Waals surface area contributed by atoms with Crippen LogP contribution in [0.5, 0.6) is 0 Å². The average molecular weight is 301 g/mol. The van der Waals surface area contributed by atoms with Crippen LogP contribution in [0.2, 0.25) is 0 Å². The van der Waals surface area contributed by atoms with E-state index < -0.39 is 6.10 Å². The summed E-state index contributed by atoms with van der Waals surface area (Å²) < 4.78 is 0.764. The molecule has 1 atom stereocenters. The normalized spacial score (nSPS) is 12.2. The van der Waals surface area contributed by atoms with E-state index in [1.165, 1.54) is 0 Å². The molecule has 1 aromatic rings. The molecule has 0 fully saturated rings. The summed E-state index contributed by atoms with van der Waals surface area (Å²) in [5.74, 6) is -0.223. The van der Waals surface area contributed by atoms with E-state index in [1.807, 2.05) is 6.92 Å². The van der Waals surface area contributed by atoms with Crippen molar-refractivity contribution >= 4 is 27.5 Å². The molecule has 0 aliphatic heterocycles. The molecule has 1 unspecified atom stereocenters. The van der Waals surface area contributed by atoms with E-state index in [0.717, 1.165) is 10.9 Å². The average Bonchev–Trinajstić information content (AvgIpc) is 2.30. The highest BCUT2D eigenvalue weighted by molar-refractivity contribution is 9.10. The van der Waals surface area contributed by atoms with Crippen LogP contribution in [0.15, 0.2) is 22.7 Å². The number of carbonyl (C=O) groups is 1. The lowest BCUT2D eigenvalue weighted by molar-refractivity contribution is 0.0910. The van der Waals surface area contributed by atoms with E-state index >= 15 is 0 Å². The Labute approximate surface area is 109 Å². The highest BCUT2D eigenvalue weighted by Crippen LogP contribution is 2.20. The van der Waals surface area contributed by atoms with Crippen molar-refractivity contribution in [2.45, 2.75) is 25.9 Å². The first-order valence-electron chi connectivity index (χ1n) is 5.56. The van der Waals surface area contributed by atoms with Crippen molar-refractivity contribution in [2.75, 3.05) is 12.3 Å². The molecule has 0 radical (unpaired) electrons. The molecule has 0 saturated carbocycles. The summed E-state index contributed by atoms with van der Waals surface area (Å²) in [6.45, 7) is 2.25. The maximum absolute atomic E-state index is 11.7. The standard InChI is InChI=1S/C12H17BrN2O2/c1-2-3-9(16)7-15-12(17)8-4-5-10(13)11(14)6-8/h4-6,9,16H,2-3,7,14H2,1H3,(H,15,17). The number of anilines is 1. The van der Waals surface area contributed by atoms with E-state index in [9.17, 15) is 9.90 Å². The Morgan fingerprint density at radius 2 is 2.29 bits per heavy atom. The van der Waals surface area contributed by atoms with Gasteiger partial charge in [0.2, 0.25) is 0 Å². The van der Waals surface area contributed by atoms with Crippen molar-refractivity contribution in [3.63, 3.8) is 0 Å². The predicted molar refractivity (Wildman–Crippen MR) is 71.8 cm³/mol. The number of hydrogen-bond acceptors (Lipinski definition) is 3. The second kappa shape index (κ2) is 6.61. The molecule has 0 aliphatic carbocycles. The number of aliphatic hydroxyl groups excluding tert-OH is 1. The third-order valence-corrected chi connectivity index (χ3v) is 3.10. The van der Waals surface area contributed by atoms with Crippen molar-refractivity contribution in [1.82, 2.24) is 5.32 Å². The quantitative estimate of drug-likeness (QED) is 0.727. The zero-order valence-electron chi connectivity index (χ0n) is 9.74. The van der Waals surface area contributed by atoms with E-state index in [4.69, 9.17) is 5.73 Å². The molecule has 0 aromatic heterocycles. The third-order valence-electron chi connectivity index (χ3n) is 2.38. The molecule has 0 bridgehead atoms. The lowest BCUT2D eigenvalue weighted by atomic mass is 10.1. The van der Waals surface area contributed by atoms with Gasteiger partial charge in [-0.1, -0.05) is 13.3 Å². The summed E-state index contributed by atoms with van der Waals surface area (Å²) in [6.07, 6.45) is 1.09. The number of benzene rings is 1. The second-order valence-corrected chi connectivity index (χ2v) is 4.74. The molecule has 0 spiro atoms. The minimum absolute atomic E-state index is 0.223. The highest BCUT2D eigenvalue weighted by atomic mass is 79.9. The van der Waals surface area contributed by atoms with Crippen molar-refractivity contribution in [2.24, 2.45) is 0 Å². The van der Waals surface area contributed by atoms with Crippen LogP contribution in [-0.4, -0.2) is 23.7 Å². The molecule has 5 heteroatoms. The van der Waals surface area contributed by atoms with Crippen LogP contribution in [0.25, 0.3) is 0 Å². The number of halogens is 1. The lowest BCUT2D eigenvalue weighted by Crippen LogP contribution is -2.32. The van der Waals surface area contributed by atoms with E-state index in [1.54, 1.807) is 18.2 Å². The van der Waals surface area contributed by atoms with E-state index in [0.29, 0.717) is 17.7 Å². The van der Waals surface area contributed by atoms with Crippen LogP contribution in [0.1, 0.15) is 30.1 Å². The predicted octanol–water partition coefficient (Wildman–Crippen LogP) is 1.92. The van der Waals surface area contributed by atoms with Gasteiger partial charge in [-0.3, -0.25) is 4.79 Å². The molecule has 0 aliphatic rings. The molecule has 0 saturated heterocycles. The van der Waals surface area contributed by atoms with Gasteiger partial charge in [0.1, 0.15) is 0 Å². The topological polar surface area (TPSA) is 75.3 Å². The Hall–Kier alpha value is -1.07. The van der Waals surface area contributed by atoms with Gasteiger partial charge < -0.3 is 16.2 Å². The number of carbonyl (C=O) groups excluding carboxylic acids is 1. The maximum atomic E-state index is 11.7. The Balaban J connectivity index is 2.55. The van der Waals surface area contributed by atoms with Gasteiger partial charge in [-0.2, -0.15) is 0 Å². The third kappa shape index (κ3) is 4.36. The summed E-state index contributed by atoms with van der Waals surface area (Å²) in [7, 11) is 0. The lowest BCUT2D eigenvalue weighted by Gasteiger charge is -2.11. The molecule has 1 rings (SSSR count). The molecule has 1 amide bonds. The van der Waals surface area contributed by atoms with Crippen molar-refractivity contribution in [3.8, 4) is 0 Å². The Morgan fingerprint density at radius 1 is 1.59 bits per heavy atom. The number of aliphatic hydroxyl groups is 1. The van der Waals surface area contributed by atoms with Crippen LogP contribution in [-0.2, 0) is 0 Å². The second-order valence-electron chi connectivity index (χ2n) is 3.89. The molecule has 1 aromatic carbocycles. The zero-order valence-corrected chi connectivity index (χ0v) is 11.3. The summed E-state index contributed by atoms with van der Waals surface area (Å²) in [4.78, 5) is 11.7. The first-order chi connectivity index (χ1) is 8.04. The summed E-state index contributed by atoms with van der Waals surface area (Å²) in [5.41, 5.74) is 6.70. The number of rotatable bonds is 5. The maximum Gasteiger partial charge on any atom is 0.251 e. The van der Waals surface area contributed by atoms with Crippen LogP contribution in [0.4, 0.5) is 5.69 Å². The first-order valence-corrected chi connectivity index (χ1v) is 6.35. The molecule has 0 heterocycles. The highest BCUT2D eigenvalue weighted by Gasteiger charge is 2.09. The van der Waals surface area contributed by atoms with E-state index in [2.05, 4.69) is 21.2 Å². The smallest absolute Gasteiger partial charge is 0.251 e. The Bertz CT molecular complexity index is 396. The van der Waals surface area contributed by atoms with Crippen molar-refractivity contribution in [1.29, 1.82) is 0 Å². The number of amides is 1. The number of hydrogen-bond donors (Lipinski definition) is 3. The SMILES string of the molecule is CCCC(O)CNC(=O)c1ccc(Br)c(N)c1. The van der Waals surface area contributed by atoms with Crippen LogP contribution < -0.4 is 11.1 Å². The van der Waals surface area contributed by atoms with Gasteiger partial charge in [0.05, 0.1) is 6.10 Å². The fourth-order valence-electron chi connectivity index (χ4n) is 1.43. The minimum atomic E-state index is -0.489. The summed E-state index contributed by atoms with van der Waals surface area (Å²) >= 11 is 3.26. The van der Waals surface area contributed by atoms with E-state index in [-0.39, 0.29) is 12.5 Å². The number of nitrogens with two attached hydrogens (primary N) is 1. The van der Waals surface area contributed by atoms with Gasteiger partial charge in [0.25, 0.3) is 5.91 Å².